The third kappa shape index (κ3) is 5.81. The second-order valence-corrected chi connectivity index (χ2v) is 6.64. The largest absolute Gasteiger partial charge is 0.507 e. The Balaban J connectivity index is 1.53. The molecule has 0 saturated heterocycles. The second kappa shape index (κ2) is 9.29. The minimum absolute atomic E-state index is 0.00263. The molecule has 160 valence electrons. The van der Waals surface area contributed by atoms with E-state index in [9.17, 15) is 27.9 Å². The highest BCUT2D eigenvalue weighted by Gasteiger charge is 2.30. The number of anilines is 1. The SMILES string of the molecule is O=C(CCC(=O)Nc1cccc(C(F)(F)F)c1)NN=Cc1c(O)ccc2ccccc12. The van der Waals surface area contributed by atoms with E-state index in [4.69, 9.17) is 0 Å². The van der Waals surface area contributed by atoms with Gasteiger partial charge in [0.05, 0.1) is 11.8 Å². The highest BCUT2D eigenvalue weighted by Crippen LogP contribution is 2.30. The number of amides is 2. The summed E-state index contributed by atoms with van der Waals surface area (Å²) >= 11 is 0. The summed E-state index contributed by atoms with van der Waals surface area (Å²) < 4.78 is 38.2. The lowest BCUT2D eigenvalue weighted by Gasteiger charge is -2.09. The number of carbonyl (C=O) groups excluding carboxylic acids is 2. The van der Waals surface area contributed by atoms with Crippen LogP contribution in [0.2, 0.25) is 0 Å². The first-order valence-corrected chi connectivity index (χ1v) is 9.24. The summed E-state index contributed by atoms with van der Waals surface area (Å²) in [6, 6.07) is 14.8. The molecule has 31 heavy (non-hydrogen) atoms. The van der Waals surface area contributed by atoms with Crippen molar-refractivity contribution in [2.24, 2.45) is 5.10 Å². The fourth-order valence-corrected chi connectivity index (χ4v) is 2.87. The van der Waals surface area contributed by atoms with Crippen LogP contribution in [0.25, 0.3) is 10.8 Å². The fourth-order valence-electron chi connectivity index (χ4n) is 2.87. The molecule has 0 aliphatic carbocycles. The van der Waals surface area contributed by atoms with E-state index in [-0.39, 0.29) is 24.3 Å². The summed E-state index contributed by atoms with van der Waals surface area (Å²) in [7, 11) is 0. The van der Waals surface area contributed by atoms with Gasteiger partial charge in [0.15, 0.2) is 0 Å². The Hall–Kier alpha value is -3.88. The van der Waals surface area contributed by atoms with Crippen LogP contribution >= 0.6 is 0 Å². The van der Waals surface area contributed by atoms with Crippen molar-refractivity contribution in [2.75, 3.05) is 5.32 Å². The molecule has 0 unspecified atom stereocenters. The molecule has 3 aromatic rings. The quantitative estimate of drug-likeness (QED) is 0.400. The maximum absolute atomic E-state index is 12.7. The zero-order chi connectivity index (χ0) is 22.4. The third-order valence-electron chi connectivity index (χ3n) is 4.38. The number of rotatable bonds is 6. The topological polar surface area (TPSA) is 90.8 Å². The zero-order valence-corrected chi connectivity index (χ0v) is 16.1. The van der Waals surface area contributed by atoms with Crippen molar-refractivity contribution in [3.63, 3.8) is 0 Å². The van der Waals surface area contributed by atoms with Gasteiger partial charge in [0.2, 0.25) is 11.8 Å². The summed E-state index contributed by atoms with van der Waals surface area (Å²) in [5.41, 5.74) is 1.80. The van der Waals surface area contributed by atoms with Crippen LogP contribution in [-0.4, -0.2) is 23.1 Å². The van der Waals surface area contributed by atoms with E-state index in [1.54, 1.807) is 18.2 Å². The lowest BCUT2D eigenvalue weighted by atomic mass is 10.0. The predicted octanol–water partition coefficient (Wildman–Crippen LogP) is 4.43. The molecule has 0 aromatic heterocycles. The number of nitrogens with zero attached hydrogens (tertiary/aromatic N) is 1. The van der Waals surface area contributed by atoms with Gasteiger partial charge in [0.25, 0.3) is 0 Å². The lowest BCUT2D eigenvalue weighted by molar-refractivity contribution is -0.137. The molecule has 0 fully saturated rings. The normalized spacial score (nSPS) is 11.6. The minimum atomic E-state index is -4.52. The van der Waals surface area contributed by atoms with Crippen LogP contribution in [0.1, 0.15) is 24.0 Å². The molecule has 2 amide bonds. The number of hydrogen-bond donors (Lipinski definition) is 3. The Labute approximate surface area is 175 Å². The van der Waals surface area contributed by atoms with Crippen molar-refractivity contribution in [3.05, 3.63) is 71.8 Å². The Morgan fingerprint density at radius 3 is 2.48 bits per heavy atom. The first kappa shape index (κ1) is 21.8. The van der Waals surface area contributed by atoms with Crippen LogP contribution in [-0.2, 0) is 15.8 Å². The monoisotopic (exact) mass is 429 g/mol. The lowest BCUT2D eigenvalue weighted by Crippen LogP contribution is -2.20. The van der Waals surface area contributed by atoms with Gasteiger partial charge in [0, 0.05) is 24.1 Å². The number of halogens is 3. The number of hydrogen-bond acceptors (Lipinski definition) is 4. The van der Waals surface area contributed by atoms with Gasteiger partial charge < -0.3 is 10.4 Å². The molecule has 0 bridgehead atoms. The van der Waals surface area contributed by atoms with Gasteiger partial charge in [-0.2, -0.15) is 18.3 Å². The number of phenols is 1. The molecular formula is C22H18F3N3O3. The average Bonchev–Trinajstić information content (AvgIpc) is 2.73. The van der Waals surface area contributed by atoms with E-state index in [2.05, 4.69) is 15.8 Å². The highest BCUT2D eigenvalue weighted by molar-refractivity contribution is 6.02. The summed E-state index contributed by atoms with van der Waals surface area (Å²) in [4.78, 5) is 23.8. The molecular weight excluding hydrogens is 411 g/mol. The smallest absolute Gasteiger partial charge is 0.416 e. The second-order valence-electron chi connectivity index (χ2n) is 6.64. The van der Waals surface area contributed by atoms with Gasteiger partial charge in [-0.15, -0.1) is 0 Å². The summed E-state index contributed by atoms with van der Waals surface area (Å²) in [5, 5.41) is 17.8. The number of fused-ring (bicyclic) bond motifs is 1. The number of benzene rings is 3. The van der Waals surface area contributed by atoms with E-state index in [0.717, 1.165) is 22.9 Å². The van der Waals surface area contributed by atoms with Crippen molar-refractivity contribution < 1.29 is 27.9 Å². The van der Waals surface area contributed by atoms with Gasteiger partial charge in [-0.1, -0.05) is 36.4 Å². The standard InChI is InChI=1S/C22H18F3N3O3/c23-22(24,25)15-5-3-6-16(12-15)27-20(30)10-11-21(31)28-26-13-18-17-7-2-1-4-14(17)8-9-19(18)29/h1-9,12-13,29H,10-11H2,(H,27,30)(H,28,31). The van der Waals surface area contributed by atoms with Crippen LogP contribution < -0.4 is 10.7 Å². The number of alkyl halides is 3. The third-order valence-corrected chi connectivity index (χ3v) is 4.38. The Kier molecular flexibility index (Phi) is 6.54. The molecule has 9 heteroatoms. The van der Waals surface area contributed by atoms with Crippen LogP contribution in [0.3, 0.4) is 0 Å². The molecule has 0 radical (unpaired) electrons. The number of phenolic OH excluding ortho intramolecular Hbond substituents is 1. The van der Waals surface area contributed by atoms with E-state index >= 15 is 0 Å². The number of hydrazone groups is 1. The first-order chi connectivity index (χ1) is 14.7. The molecule has 6 nitrogen and oxygen atoms in total. The average molecular weight is 429 g/mol. The Morgan fingerprint density at radius 2 is 1.71 bits per heavy atom. The number of aromatic hydroxyl groups is 1. The molecule has 0 spiro atoms. The van der Waals surface area contributed by atoms with Crippen molar-refractivity contribution in [1.82, 2.24) is 5.43 Å². The molecule has 0 saturated carbocycles. The first-order valence-electron chi connectivity index (χ1n) is 9.24. The van der Waals surface area contributed by atoms with E-state index in [1.165, 1.54) is 24.4 Å². The molecule has 3 aromatic carbocycles. The molecule has 0 atom stereocenters. The summed E-state index contributed by atoms with van der Waals surface area (Å²) in [6.45, 7) is 0. The highest BCUT2D eigenvalue weighted by atomic mass is 19.4. The van der Waals surface area contributed by atoms with Gasteiger partial charge >= 0.3 is 6.18 Å². The van der Waals surface area contributed by atoms with Gasteiger partial charge in [-0.3, -0.25) is 9.59 Å². The van der Waals surface area contributed by atoms with Gasteiger partial charge in [0.1, 0.15) is 5.75 Å². The van der Waals surface area contributed by atoms with Crippen LogP contribution in [0.5, 0.6) is 5.75 Å². The Morgan fingerprint density at radius 1 is 0.968 bits per heavy atom. The van der Waals surface area contributed by atoms with Crippen LogP contribution in [0.4, 0.5) is 18.9 Å². The van der Waals surface area contributed by atoms with E-state index in [0.29, 0.717) is 5.56 Å². The predicted molar refractivity (Wildman–Crippen MR) is 111 cm³/mol. The maximum atomic E-state index is 12.7. The molecule has 3 rings (SSSR count). The minimum Gasteiger partial charge on any atom is -0.507 e. The zero-order valence-electron chi connectivity index (χ0n) is 16.1. The van der Waals surface area contributed by atoms with Crippen molar-refractivity contribution in [1.29, 1.82) is 0 Å². The van der Waals surface area contributed by atoms with E-state index in [1.807, 2.05) is 12.1 Å². The van der Waals surface area contributed by atoms with E-state index < -0.39 is 23.6 Å². The summed E-state index contributed by atoms with van der Waals surface area (Å²) in [5.74, 6) is -1.17. The van der Waals surface area contributed by atoms with Crippen LogP contribution in [0, 0.1) is 0 Å². The van der Waals surface area contributed by atoms with Crippen molar-refractivity contribution in [3.8, 4) is 5.75 Å². The number of nitrogens with one attached hydrogen (secondary N) is 2. The molecule has 0 heterocycles. The Bertz CT molecular complexity index is 1140. The molecule has 0 aliphatic heterocycles. The summed E-state index contributed by atoms with van der Waals surface area (Å²) in [6.07, 6.45) is -3.67. The van der Waals surface area contributed by atoms with Gasteiger partial charge in [-0.05, 0) is 35.0 Å². The maximum Gasteiger partial charge on any atom is 0.416 e. The van der Waals surface area contributed by atoms with Crippen molar-refractivity contribution >= 4 is 34.5 Å². The van der Waals surface area contributed by atoms with Gasteiger partial charge in [-0.25, -0.2) is 5.43 Å². The van der Waals surface area contributed by atoms with Crippen molar-refractivity contribution in [2.45, 2.75) is 19.0 Å². The number of carbonyl (C=O) groups is 2. The fraction of sp³-hybridized carbons (Fsp3) is 0.136. The molecule has 3 N–H and O–H groups in total. The van der Waals surface area contributed by atoms with Crippen LogP contribution in [0.15, 0.2) is 65.8 Å². The molecule has 0 aliphatic rings.